The highest BCUT2D eigenvalue weighted by molar-refractivity contribution is 8.00. The smallest absolute Gasteiger partial charge is 0.316 e. The van der Waals surface area contributed by atoms with Crippen molar-refractivity contribution in [2.75, 3.05) is 12.4 Å². The Labute approximate surface area is 165 Å². The molecule has 0 saturated heterocycles. The normalized spacial score (nSPS) is 11.6. The summed E-state index contributed by atoms with van der Waals surface area (Å²) in [5.74, 6) is -2.75. The van der Waals surface area contributed by atoms with Crippen LogP contribution in [0.4, 0.5) is 8.78 Å². The number of rotatable bonds is 8. The summed E-state index contributed by atoms with van der Waals surface area (Å²) in [6.45, 7) is 2.79. The zero-order valence-electron chi connectivity index (χ0n) is 15.3. The molecule has 148 valence electrons. The number of nitrogens with one attached hydrogen (secondary N) is 1. The lowest BCUT2D eigenvalue weighted by molar-refractivity contribution is -0.139. The maximum Gasteiger partial charge on any atom is 0.316 e. The van der Waals surface area contributed by atoms with E-state index >= 15 is 0 Å². The van der Waals surface area contributed by atoms with Gasteiger partial charge in [-0.2, -0.15) is 0 Å². The Morgan fingerprint density at radius 3 is 2.43 bits per heavy atom. The van der Waals surface area contributed by atoms with Gasteiger partial charge in [0.25, 0.3) is 0 Å². The Morgan fingerprint density at radius 2 is 1.79 bits per heavy atom. The average Bonchev–Trinajstić information content (AvgIpc) is 2.66. The van der Waals surface area contributed by atoms with E-state index in [0.29, 0.717) is 5.56 Å². The van der Waals surface area contributed by atoms with E-state index in [1.807, 2.05) is 6.92 Å². The molecule has 0 aromatic heterocycles. The summed E-state index contributed by atoms with van der Waals surface area (Å²) >= 11 is 0.791. The number of Topliss-reactive ketones (excluding diaryl/α,β-unsaturated/α-hetero) is 1. The van der Waals surface area contributed by atoms with Crippen molar-refractivity contribution in [3.8, 4) is 0 Å². The summed E-state index contributed by atoms with van der Waals surface area (Å²) in [7, 11) is 0. The lowest BCUT2D eigenvalue weighted by Gasteiger charge is -2.13. The number of carbonyl (C=O) groups excluding carboxylic acids is 3. The molecule has 0 saturated carbocycles. The van der Waals surface area contributed by atoms with Crippen molar-refractivity contribution in [3.63, 3.8) is 0 Å². The first kappa shape index (κ1) is 21.6. The maximum absolute atomic E-state index is 13.5. The molecule has 0 aliphatic heterocycles. The molecule has 2 rings (SSSR count). The number of hydrogen-bond donors (Lipinski definition) is 1. The number of halogens is 2. The van der Waals surface area contributed by atoms with E-state index in [2.05, 4.69) is 5.32 Å². The minimum absolute atomic E-state index is 0.00726. The van der Waals surface area contributed by atoms with Gasteiger partial charge < -0.3 is 10.1 Å². The van der Waals surface area contributed by atoms with Gasteiger partial charge in [0.15, 0.2) is 12.4 Å². The van der Waals surface area contributed by atoms with Crippen molar-refractivity contribution in [2.24, 2.45) is 0 Å². The van der Waals surface area contributed by atoms with Crippen molar-refractivity contribution in [2.45, 2.75) is 24.8 Å². The molecule has 2 aromatic rings. The lowest BCUT2D eigenvalue weighted by Crippen LogP contribution is -2.23. The van der Waals surface area contributed by atoms with Gasteiger partial charge in [0.05, 0.1) is 11.8 Å². The van der Waals surface area contributed by atoms with Gasteiger partial charge in [-0.15, -0.1) is 11.8 Å². The predicted molar refractivity (Wildman–Crippen MR) is 101 cm³/mol. The van der Waals surface area contributed by atoms with Crippen molar-refractivity contribution in [3.05, 3.63) is 65.2 Å². The number of ketones is 1. The second kappa shape index (κ2) is 9.98. The molecular weight excluding hydrogens is 388 g/mol. The monoisotopic (exact) mass is 407 g/mol. The Hall–Kier alpha value is -2.74. The highest BCUT2D eigenvalue weighted by Gasteiger charge is 2.13. The molecule has 28 heavy (non-hydrogen) atoms. The molecule has 8 heteroatoms. The fourth-order valence-electron chi connectivity index (χ4n) is 2.34. The Morgan fingerprint density at radius 1 is 1.11 bits per heavy atom. The van der Waals surface area contributed by atoms with Crippen LogP contribution >= 0.6 is 11.8 Å². The number of carbonyl (C=O) groups is 3. The SMILES string of the molecule is CC(=O)N[C@@H](C)c1ccc(C(=O)COC(=O)CSc2cc(F)ccc2F)cc1. The first-order valence-corrected chi connectivity index (χ1v) is 9.38. The van der Waals surface area contributed by atoms with Crippen molar-refractivity contribution in [1.82, 2.24) is 5.32 Å². The van der Waals surface area contributed by atoms with Crippen LogP contribution in [0.3, 0.4) is 0 Å². The second-order valence-electron chi connectivity index (χ2n) is 5.99. The molecule has 0 unspecified atom stereocenters. The lowest BCUT2D eigenvalue weighted by atomic mass is 10.0. The standard InChI is InChI=1S/C20H19F2NO4S/c1-12(23-13(2)24)14-3-5-15(6-4-14)18(25)10-27-20(26)11-28-19-9-16(21)7-8-17(19)22/h3-9,12H,10-11H2,1-2H3,(H,23,24)/t12-/m0/s1. The Balaban J connectivity index is 1.83. The summed E-state index contributed by atoms with van der Waals surface area (Å²) in [4.78, 5) is 34.9. The van der Waals surface area contributed by atoms with Gasteiger partial charge in [-0.25, -0.2) is 8.78 Å². The predicted octanol–water partition coefficient (Wildman–Crippen LogP) is 3.68. The average molecular weight is 407 g/mol. The van der Waals surface area contributed by atoms with E-state index in [0.717, 1.165) is 35.5 Å². The van der Waals surface area contributed by atoms with Crippen LogP contribution in [0, 0.1) is 11.6 Å². The Bertz CT molecular complexity index is 871. The van der Waals surface area contributed by atoms with Crippen molar-refractivity contribution in [1.29, 1.82) is 0 Å². The molecule has 2 aromatic carbocycles. The van der Waals surface area contributed by atoms with Gasteiger partial charge in [0.2, 0.25) is 5.91 Å². The molecule has 0 bridgehead atoms. The molecule has 1 N–H and O–H groups in total. The minimum atomic E-state index is -0.710. The van der Waals surface area contributed by atoms with Gasteiger partial charge in [-0.3, -0.25) is 14.4 Å². The first-order valence-electron chi connectivity index (χ1n) is 8.40. The zero-order chi connectivity index (χ0) is 20.7. The molecule has 0 aliphatic rings. The van der Waals surface area contributed by atoms with Crippen LogP contribution < -0.4 is 5.32 Å². The van der Waals surface area contributed by atoms with Gasteiger partial charge in [-0.1, -0.05) is 24.3 Å². The van der Waals surface area contributed by atoms with Gasteiger partial charge in [0, 0.05) is 17.4 Å². The van der Waals surface area contributed by atoms with E-state index in [4.69, 9.17) is 4.74 Å². The molecule has 0 radical (unpaired) electrons. The van der Waals surface area contributed by atoms with Crippen LogP contribution in [-0.4, -0.2) is 30.0 Å². The number of amides is 1. The minimum Gasteiger partial charge on any atom is -0.457 e. The van der Waals surface area contributed by atoms with E-state index in [9.17, 15) is 23.2 Å². The largest absolute Gasteiger partial charge is 0.457 e. The van der Waals surface area contributed by atoms with Gasteiger partial charge in [-0.05, 0) is 30.7 Å². The van der Waals surface area contributed by atoms with E-state index < -0.39 is 30.0 Å². The number of ether oxygens (including phenoxy) is 1. The first-order chi connectivity index (χ1) is 13.3. The quantitative estimate of drug-likeness (QED) is 0.411. The van der Waals surface area contributed by atoms with E-state index in [1.54, 1.807) is 24.3 Å². The van der Waals surface area contributed by atoms with Gasteiger partial charge in [0.1, 0.15) is 11.6 Å². The van der Waals surface area contributed by atoms with E-state index in [1.165, 1.54) is 6.92 Å². The van der Waals surface area contributed by atoms with Crippen LogP contribution in [0.1, 0.15) is 35.8 Å². The number of benzene rings is 2. The van der Waals surface area contributed by atoms with Crippen molar-refractivity contribution < 1.29 is 27.9 Å². The van der Waals surface area contributed by atoms with Crippen molar-refractivity contribution >= 4 is 29.4 Å². The highest BCUT2D eigenvalue weighted by Crippen LogP contribution is 2.22. The molecule has 0 fully saturated rings. The topological polar surface area (TPSA) is 72.5 Å². The third-order valence-corrected chi connectivity index (χ3v) is 4.76. The second-order valence-corrected chi connectivity index (χ2v) is 7.01. The number of esters is 1. The third kappa shape index (κ3) is 6.45. The number of hydrogen-bond acceptors (Lipinski definition) is 5. The summed E-state index contributed by atoms with van der Waals surface area (Å²) in [5.41, 5.74) is 1.19. The molecule has 0 spiro atoms. The number of thioether (sulfide) groups is 1. The summed E-state index contributed by atoms with van der Waals surface area (Å²) in [6.07, 6.45) is 0. The Kier molecular flexibility index (Phi) is 7.69. The molecule has 0 aliphatic carbocycles. The molecular formula is C20H19F2NO4S. The molecule has 5 nitrogen and oxygen atoms in total. The van der Waals surface area contributed by atoms with E-state index in [-0.39, 0.29) is 22.6 Å². The highest BCUT2D eigenvalue weighted by atomic mass is 32.2. The third-order valence-electron chi connectivity index (χ3n) is 3.76. The zero-order valence-corrected chi connectivity index (χ0v) is 16.1. The maximum atomic E-state index is 13.5. The summed E-state index contributed by atoms with van der Waals surface area (Å²) < 4.78 is 31.5. The van der Waals surface area contributed by atoms with Gasteiger partial charge >= 0.3 is 5.97 Å². The van der Waals surface area contributed by atoms with Crippen LogP contribution in [0.2, 0.25) is 0 Å². The molecule has 1 atom stereocenters. The van der Waals surface area contributed by atoms with Crippen LogP contribution in [-0.2, 0) is 14.3 Å². The molecule has 0 heterocycles. The summed E-state index contributed by atoms with van der Waals surface area (Å²) in [6, 6.07) is 9.33. The summed E-state index contributed by atoms with van der Waals surface area (Å²) in [5, 5.41) is 2.74. The molecule has 1 amide bonds. The fourth-order valence-corrected chi connectivity index (χ4v) is 3.10. The van der Waals surface area contributed by atoms with Crippen LogP contribution in [0.5, 0.6) is 0 Å². The van der Waals surface area contributed by atoms with Crippen LogP contribution in [0.15, 0.2) is 47.4 Å². The fraction of sp³-hybridized carbons (Fsp3) is 0.250. The van der Waals surface area contributed by atoms with Crippen LogP contribution in [0.25, 0.3) is 0 Å².